The molecule has 0 spiro atoms. The molecule has 16 heavy (non-hydrogen) atoms. The average Bonchev–Trinajstić information content (AvgIpc) is 2.53. The molecule has 0 fully saturated rings. The summed E-state index contributed by atoms with van der Waals surface area (Å²) in [6, 6.07) is 4.32. The Labute approximate surface area is 96.1 Å². The molecule has 1 aromatic heterocycles. The summed E-state index contributed by atoms with van der Waals surface area (Å²) in [7, 11) is 0. The quantitative estimate of drug-likeness (QED) is 0.732. The topological polar surface area (TPSA) is 30.7 Å². The Morgan fingerprint density at radius 1 is 0.750 bits per heavy atom. The van der Waals surface area contributed by atoms with Crippen LogP contribution in [0, 0.1) is 34.6 Å². The fraction of sp³-hybridized carbons (Fsp3) is 0.385. The lowest BCUT2D eigenvalue weighted by Crippen LogP contribution is -2.03. The Hall–Kier alpha value is -1.64. The van der Waals surface area contributed by atoms with Gasteiger partial charge in [-0.2, -0.15) is 15.0 Å². The van der Waals surface area contributed by atoms with Crippen LogP contribution >= 0.6 is 0 Å². The highest BCUT2D eigenvalue weighted by molar-refractivity contribution is 5.45. The lowest BCUT2D eigenvalue weighted by molar-refractivity contribution is 0.735. The van der Waals surface area contributed by atoms with Gasteiger partial charge in [-0.05, 0) is 57.4 Å². The van der Waals surface area contributed by atoms with Gasteiger partial charge in [0.1, 0.15) is 0 Å². The second kappa shape index (κ2) is 3.74. The Balaban J connectivity index is 2.60. The van der Waals surface area contributed by atoms with Crippen molar-refractivity contribution in [3.8, 4) is 5.69 Å². The third-order valence-corrected chi connectivity index (χ3v) is 3.04. The molecule has 2 aromatic rings. The lowest BCUT2D eigenvalue weighted by Gasteiger charge is -2.08. The van der Waals surface area contributed by atoms with E-state index in [0.717, 1.165) is 17.1 Å². The summed E-state index contributed by atoms with van der Waals surface area (Å²) in [4.78, 5) is 1.73. The van der Waals surface area contributed by atoms with Crippen LogP contribution in [0.4, 0.5) is 0 Å². The van der Waals surface area contributed by atoms with E-state index in [1.165, 1.54) is 16.7 Å². The van der Waals surface area contributed by atoms with Crippen molar-refractivity contribution in [2.75, 3.05) is 0 Å². The first kappa shape index (κ1) is 10.9. The monoisotopic (exact) mass is 215 g/mol. The maximum Gasteiger partial charge on any atom is 0.0888 e. The van der Waals surface area contributed by atoms with Crippen LogP contribution < -0.4 is 0 Å². The van der Waals surface area contributed by atoms with E-state index in [2.05, 4.69) is 43.1 Å². The zero-order valence-electron chi connectivity index (χ0n) is 10.5. The molecule has 0 atom stereocenters. The van der Waals surface area contributed by atoms with Crippen molar-refractivity contribution in [1.29, 1.82) is 0 Å². The highest BCUT2D eigenvalue weighted by Crippen LogP contribution is 2.18. The van der Waals surface area contributed by atoms with Crippen LogP contribution in [0.1, 0.15) is 28.1 Å². The highest BCUT2D eigenvalue weighted by Gasteiger charge is 2.08. The largest absolute Gasteiger partial charge is 0.153 e. The SMILES string of the molecule is Cc1cc(C)c(-n2nc(C)c(C)n2)cc1C. The minimum Gasteiger partial charge on any atom is -0.153 e. The molecule has 1 heterocycles. The predicted molar refractivity (Wildman–Crippen MR) is 65.0 cm³/mol. The third-order valence-electron chi connectivity index (χ3n) is 3.04. The molecule has 0 aliphatic heterocycles. The maximum absolute atomic E-state index is 4.42. The molecular weight excluding hydrogens is 198 g/mol. The van der Waals surface area contributed by atoms with Gasteiger partial charge in [-0.1, -0.05) is 6.07 Å². The molecule has 0 bridgehead atoms. The van der Waals surface area contributed by atoms with Crippen molar-refractivity contribution in [3.05, 3.63) is 40.2 Å². The second-order valence-corrected chi connectivity index (χ2v) is 4.38. The van der Waals surface area contributed by atoms with Gasteiger partial charge < -0.3 is 0 Å². The van der Waals surface area contributed by atoms with Gasteiger partial charge in [-0.3, -0.25) is 0 Å². The maximum atomic E-state index is 4.42. The van der Waals surface area contributed by atoms with Gasteiger partial charge in [-0.15, -0.1) is 0 Å². The van der Waals surface area contributed by atoms with Crippen molar-refractivity contribution in [2.45, 2.75) is 34.6 Å². The van der Waals surface area contributed by atoms with Crippen molar-refractivity contribution < 1.29 is 0 Å². The first-order chi connectivity index (χ1) is 7.49. The van der Waals surface area contributed by atoms with Crippen molar-refractivity contribution in [1.82, 2.24) is 15.0 Å². The van der Waals surface area contributed by atoms with Crippen LogP contribution in [0.5, 0.6) is 0 Å². The first-order valence-electron chi connectivity index (χ1n) is 5.48. The molecule has 2 rings (SSSR count). The second-order valence-electron chi connectivity index (χ2n) is 4.38. The number of aryl methyl sites for hydroxylation is 5. The van der Waals surface area contributed by atoms with Crippen molar-refractivity contribution >= 4 is 0 Å². The number of rotatable bonds is 1. The van der Waals surface area contributed by atoms with Gasteiger partial charge in [0.2, 0.25) is 0 Å². The van der Waals surface area contributed by atoms with E-state index in [9.17, 15) is 0 Å². The van der Waals surface area contributed by atoms with Crippen LogP contribution in [0.2, 0.25) is 0 Å². The molecule has 0 saturated heterocycles. The zero-order valence-corrected chi connectivity index (χ0v) is 10.5. The van der Waals surface area contributed by atoms with E-state index in [1.807, 2.05) is 13.8 Å². The van der Waals surface area contributed by atoms with Crippen LogP contribution in [-0.2, 0) is 0 Å². The van der Waals surface area contributed by atoms with Gasteiger partial charge in [0.05, 0.1) is 17.1 Å². The molecule has 0 amide bonds. The average molecular weight is 215 g/mol. The van der Waals surface area contributed by atoms with E-state index in [4.69, 9.17) is 0 Å². The summed E-state index contributed by atoms with van der Waals surface area (Å²) in [5.74, 6) is 0. The van der Waals surface area contributed by atoms with Crippen LogP contribution in [0.25, 0.3) is 5.69 Å². The van der Waals surface area contributed by atoms with Crippen LogP contribution in [-0.4, -0.2) is 15.0 Å². The van der Waals surface area contributed by atoms with Gasteiger partial charge >= 0.3 is 0 Å². The fourth-order valence-electron chi connectivity index (χ4n) is 1.72. The molecule has 1 aromatic carbocycles. The molecule has 0 aliphatic rings. The summed E-state index contributed by atoms with van der Waals surface area (Å²) in [5.41, 5.74) is 6.82. The van der Waals surface area contributed by atoms with Crippen LogP contribution in [0.15, 0.2) is 12.1 Å². The number of aromatic nitrogens is 3. The normalized spacial score (nSPS) is 10.8. The van der Waals surface area contributed by atoms with Crippen molar-refractivity contribution in [2.24, 2.45) is 0 Å². The van der Waals surface area contributed by atoms with E-state index in [-0.39, 0.29) is 0 Å². The third kappa shape index (κ3) is 1.73. The fourth-order valence-corrected chi connectivity index (χ4v) is 1.72. The zero-order chi connectivity index (χ0) is 11.9. The smallest absolute Gasteiger partial charge is 0.0888 e. The molecule has 0 aliphatic carbocycles. The Kier molecular flexibility index (Phi) is 2.54. The summed E-state index contributed by atoms with van der Waals surface area (Å²) in [5, 5.41) is 8.84. The van der Waals surface area contributed by atoms with E-state index in [0.29, 0.717) is 0 Å². The van der Waals surface area contributed by atoms with Gasteiger partial charge in [0, 0.05) is 0 Å². The summed E-state index contributed by atoms with van der Waals surface area (Å²) < 4.78 is 0. The number of hydrogen-bond donors (Lipinski definition) is 0. The number of benzene rings is 1. The molecule has 0 radical (unpaired) electrons. The minimum atomic E-state index is 0.984. The highest BCUT2D eigenvalue weighted by atomic mass is 15.5. The van der Waals surface area contributed by atoms with Crippen molar-refractivity contribution in [3.63, 3.8) is 0 Å². The molecule has 0 saturated carbocycles. The molecule has 84 valence electrons. The number of nitrogens with zero attached hydrogens (tertiary/aromatic N) is 3. The molecular formula is C13H17N3. The Morgan fingerprint density at radius 3 is 1.81 bits per heavy atom. The van der Waals surface area contributed by atoms with Gasteiger partial charge in [-0.25, -0.2) is 0 Å². The lowest BCUT2D eigenvalue weighted by atomic mass is 10.1. The predicted octanol–water partition coefficient (Wildman–Crippen LogP) is 2.81. The minimum absolute atomic E-state index is 0.984. The summed E-state index contributed by atoms with van der Waals surface area (Å²) in [6.45, 7) is 10.3. The Bertz CT molecular complexity index is 519. The van der Waals surface area contributed by atoms with E-state index in [1.54, 1.807) is 4.80 Å². The first-order valence-corrected chi connectivity index (χ1v) is 5.48. The molecule has 3 heteroatoms. The molecule has 0 unspecified atom stereocenters. The van der Waals surface area contributed by atoms with E-state index >= 15 is 0 Å². The van der Waals surface area contributed by atoms with Gasteiger partial charge in [0.15, 0.2) is 0 Å². The van der Waals surface area contributed by atoms with Gasteiger partial charge in [0.25, 0.3) is 0 Å². The van der Waals surface area contributed by atoms with Crippen LogP contribution in [0.3, 0.4) is 0 Å². The Morgan fingerprint density at radius 2 is 1.25 bits per heavy atom. The standard InChI is InChI=1S/C13H17N3/c1-8-6-10(3)13(7-9(8)2)16-14-11(4)12(5)15-16/h6-7H,1-5H3. The molecule has 0 N–H and O–H groups in total. The number of hydrogen-bond acceptors (Lipinski definition) is 2. The summed E-state index contributed by atoms with van der Waals surface area (Å²) >= 11 is 0. The summed E-state index contributed by atoms with van der Waals surface area (Å²) in [6.07, 6.45) is 0. The van der Waals surface area contributed by atoms with E-state index < -0.39 is 0 Å². The molecule has 3 nitrogen and oxygen atoms in total.